The smallest absolute Gasteiger partial charge is 0.227 e. The molecule has 0 aliphatic carbocycles. The molecule has 4 fully saturated rings. The first-order valence-electron chi connectivity index (χ1n) is 11.2. The minimum Gasteiger partial charge on any atom is -0.381 e. The second-order valence-electron chi connectivity index (χ2n) is 9.36. The fourth-order valence-corrected chi connectivity index (χ4v) is 6.18. The molecule has 1 N–H and O–H groups in total. The molecule has 158 valence electrons. The van der Waals surface area contributed by atoms with E-state index < -0.39 is 5.41 Å². The minimum absolute atomic E-state index is 0.0661. The third-order valence-electron chi connectivity index (χ3n) is 7.91. The van der Waals surface area contributed by atoms with Crippen LogP contribution in [-0.2, 0) is 9.53 Å². The lowest BCUT2D eigenvalue weighted by atomic mass is 9.68. The summed E-state index contributed by atoms with van der Waals surface area (Å²) in [6.45, 7) is 7.15. The average Bonchev–Trinajstić information content (AvgIpc) is 3.44. The van der Waals surface area contributed by atoms with Crippen LogP contribution in [0.1, 0.15) is 50.5 Å². The van der Waals surface area contributed by atoms with Gasteiger partial charge in [0.05, 0.1) is 12.0 Å². The van der Waals surface area contributed by atoms with Gasteiger partial charge in [0.25, 0.3) is 0 Å². The SMILES string of the molecule is C[C@H]1CCCN1[C@H]1CCN(c2ccc(C3COCCC34CCNC4=O)c(F)c2)C1. The van der Waals surface area contributed by atoms with E-state index in [4.69, 9.17) is 4.74 Å². The van der Waals surface area contributed by atoms with Crippen molar-refractivity contribution in [3.8, 4) is 0 Å². The monoisotopic (exact) mass is 401 g/mol. The van der Waals surface area contributed by atoms with Crippen LogP contribution in [0.25, 0.3) is 0 Å². The molecule has 0 radical (unpaired) electrons. The molecule has 1 aromatic rings. The molecule has 29 heavy (non-hydrogen) atoms. The number of carbonyl (C=O) groups is 1. The van der Waals surface area contributed by atoms with Crippen molar-refractivity contribution < 1.29 is 13.9 Å². The molecule has 5 rings (SSSR count). The molecule has 4 aliphatic heterocycles. The molecule has 0 bridgehead atoms. The predicted octanol–water partition coefficient (Wildman–Crippen LogP) is 2.90. The first-order chi connectivity index (χ1) is 14.1. The normalized spacial score (nSPS) is 35.6. The van der Waals surface area contributed by atoms with Crippen LogP contribution < -0.4 is 10.2 Å². The van der Waals surface area contributed by atoms with E-state index in [1.54, 1.807) is 6.07 Å². The fraction of sp³-hybridized carbons (Fsp3) is 0.696. The zero-order valence-corrected chi connectivity index (χ0v) is 17.3. The van der Waals surface area contributed by atoms with Crippen LogP contribution in [0.15, 0.2) is 18.2 Å². The van der Waals surface area contributed by atoms with Crippen LogP contribution in [0.3, 0.4) is 0 Å². The number of rotatable bonds is 3. The Bertz CT molecular complexity index is 787. The van der Waals surface area contributed by atoms with Crippen molar-refractivity contribution in [1.29, 1.82) is 0 Å². The van der Waals surface area contributed by atoms with Crippen molar-refractivity contribution in [3.05, 3.63) is 29.6 Å². The number of hydrogen-bond donors (Lipinski definition) is 1. The largest absolute Gasteiger partial charge is 0.381 e. The Morgan fingerprint density at radius 2 is 2.14 bits per heavy atom. The van der Waals surface area contributed by atoms with Crippen LogP contribution in [0.5, 0.6) is 0 Å². The van der Waals surface area contributed by atoms with E-state index in [1.807, 2.05) is 12.1 Å². The predicted molar refractivity (Wildman–Crippen MR) is 111 cm³/mol. The van der Waals surface area contributed by atoms with Gasteiger partial charge in [-0.3, -0.25) is 9.69 Å². The van der Waals surface area contributed by atoms with Crippen molar-refractivity contribution in [2.45, 2.75) is 57.0 Å². The maximum Gasteiger partial charge on any atom is 0.227 e. The highest BCUT2D eigenvalue weighted by Crippen LogP contribution is 2.48. The molecule has 1 aromatic carbocycles. The molecule has 6 heteroatoms. The van der Waals surface area contributed by atoms with Gasteiger partial charge >= 0.3 is 0 Å². The molecule has 2 unspecified atom stereocenters. The molecular formula is C23H32FN3O2. The van der Waals surface area contributed by atoms with E-state index in [-0.39, 0.29) is 17.6 Å². The van der Waals surface area contributed by atoms with Gasteiger partial charge in [0.15, 0.2) is 0 Å². The Labute approximate surface area is 172 Å². The van der Waals surface area contributed by atoms with Gasteiger partial charge in [-0.1, -0.05) is 6.07 Å². The first kappa shape index (κ1) is 19.3. The van der Waals surface area contributed by atoms with Crippen LogP contribution in [0.2, 0.25) is 0 Å². The topological polar surface area (TPSA) is 44.8 Å². The summed E-state index contributed by atoms with van der Waals surface area (Å²) < 4.78 is 21.0. The molecule has 5 nitrogen and oxygen atoms in total. The molecule has 1 spiro atoms. The van der Waals surface area contributed by atoms with E-state index in [0.29, 0.717) is 43.8 Å². The third-order valence-corrected chi connectivity index (χ3v) is 7.91. The van der Waals surface area contributed by atoms with Crippen LogP contribution in [0.4, 0.5) is 10.1 Å². The summed E-state index contributed by atoms with van der Waals surface area (Å²) in [4.78, 5) is 17.6. The number of carbonyl (C=O) groups excluding carboxylic acids is 1. The lowest BCUT2D eigenvalue weighted by Crippen LogP contribution is -2.43. The Hall–Kier alpha value is -1.66. The summed E-state index contributed by atoms with van der Waals surface area (Å²) in [7, 11) is 0. The average molecular weight is 402 g/mol. The van der Waals surface area contributed by atoms with Crippen LogP contribution in [0, 0.1) is 11.2 Å². The summed E-state index contributed by atoms with van der Waals surface area (Å²) in [5, 5.41) is 2.96. The third kappa shape index (κ3) is 3.25. The highest BCUT2D eigenvalue weighted by atomic mass is 19.1. The van der Waals surface area contributed by atoms with E-state index in [0.717, 1.165) is 31.6 Å². The minimum atomic E-state index is -0.509. The number of nitrogens with one attached hydrogen (secondary N) is 1. The molecule has 0 aromatic heterocycles. The molecule has 0 saturated carbocycles. The summed E-state index contributed by atoms with van der Waals surface area (Å²) in [5.74, 6) is -0.337. The lowest BCUT2D eigenvalue weighted by molar-refractivity contribution is -0.134. The fourth-order valence-electron chi connectivity index (χ4n) is 6.18. The molecule has 4 saturated heterocycles. The van der Waals surface area contributed by atoms with Gasteiger partial charge in [0.2, 0.25) is 5.91 Å². The number of anilines is 1. The zero-order valence-electron chi connectivity index (χ0n) is 17.3. The van der Waals surface area contributed by atoms with Gasteiger partial charge in [-0.05, 0) is 63.3 Å². The number of benzene rings is 1. The van der Waals surface area contributed by atoms with Crippen molar-refractivity contribution in [2.75, 3.05) is 44.3 Å². The summed E-state index contributed by atoms with van der Waals surface area (Å²) >= 11 is 0. The zero-order chi connectivity index (χ0) is 20.0. The number of ether oxygens (including phenoxy) is 1. The number of halogens is 1. The van der Waals surface area contributed by atoms with Gasteiger partial charge in [0, 0.05) is 49.9 Å². The summed E-state index contributed by atoms with van der Waals surface area (Å²) in [6.07, 6.45) is 5.17. The van der Waals surface area contributed by atoms with Crippen LogP contribution in [-0.4, -0.2) is 62.3 Å². The maximum absolute atomic E-state index is 15.3. The number of hydrogen-bond acceptors (Lipinski definition) is 4. The Balaban J connectivity index is 1.35. The van der Waals surface area contributed by atoms with E-state index >= 15 is 4.39 Å². The Kier molecular flexibility index (Phi) is 5.03. The standard InChI is InChI=1S/C23H32FN3O2/c1-16-3-2-10-27(16)18-6-11-26(14-18)17-4-5-19(21(24)13-17)20-15-29-12-8-23(20)7-9-25-22(23)28/h4-5,13,16,18,20H,2-3,6-12,14-15H2,1H3,(H,25,28)/t16-,18-,20?,23?/m0/s1. The quantitative estimate of drug-likeness (QED) is 0.846. The Morgan fingerprint density at radius 3 is 2.86 bits per heavy atom. The van der Waals surface area contributed by atoms with Crippen molar-refractivity contribution in [3.63, 3.8) is 0 Å². The van der Waals surface area contributed by atoms with E-state index in [1.165, 1.54) is 19.4 Å². The van der Waals surface area contributed by atoms with Gasteiger partial charge in [0.1, 0.15) is 5.82 Å². The van der Waals surface area contributed by atoms with Gasteiger partial charge in [-0.15, -0.1) is 0 Å². The summed E-state index contributed by atoms with van der Waals surface area (Å²) in [5.41, 5.74) is 1.09. The van der Waals surface area contributed by atoms with Crippen molar-refractivity contribution >= 4 is 11.6 Å². The molecule has 4 heterocycles. The highest BCUT2D eigenvalue weighted by Gasteiger charge is 2.51. The van der Waals surface area contributed by atoms with Crippen LogP contribution >= 0.6 is 0 Å². The molecular weight excluding hydrogens is 369 g/mol. The molecule has 4 atom stereocenters. The Morgan fingerprint density at radius 1 is 1.24 bits per heavy atom. The maximum atomic E-state index is 15.3. The van der Waals surface area contributed by atoms with E-state index in [9.17, 15) is 4.79 Å². The molecule has 4 aliphatic rings. The number of likely N-dealkylation sites (tertiary alicyclic amines) is 1. The summed E-state index contributed by atoms with van der Waals surface area (Å²) in [6, 6.07) is 6.87. The van der Waals surface area contributed by atoms with Gasteiger partial charge in [-0.25, -0.2) is 4.39 Å². The van der Waals surface area contributed by atoms with Gasteiger partial charge < -0.3 is 15.0 Å². The number of amides is 1. The highest BCUT2D eigenvalue weighted by molar-refractivity contribution is 5.86. The van der Waals surface area contributed by atoms with Crippen molar-refractivity contribution in [1.82, 2.24) is 10.2 Å². The second kappa shape index (κ2) is 7.55. The molecule has 1 amide bonds. The van der Waals surface area contributed by atoms with E-state index in [2.05, 4.69) is 22.0 Å². The number of nitrogens with zero attached hydrogens (tertiary/aromatic N) is 2. The van der Waals surface area contributed by atoms with Gasteiger partial charge in [-0.2, -0.15) is 0 Å². The van der Waals surface area contributed by atoms with Crippen molar-refractivity contribution in [2.24, 2.45) is 5.41 Å². The first-order valence-corrected chi connectivity index (χ1v) is 11.2. The second-order valence-corrected chi connectivity index (χ2v) is 9.36. The lowest BCUT2D eigenvalue weighted by Gasteiger charge is -2.39.